The van der Waals surface area contributed by atoms with E-state index in [2.05, 4.69) is 12.2 Å². The van der Waals surface area contributed by atoms with Crippen molar-refractivity contribution < 1.29 is 9.59 Å². The predicted octanol–water partition coefficient (Wildman–Crippen LogP) is 1.55. The molecule has 1 aliphatic heterocycles. The summed E-state index contributed by atoms with van der Waals surface area (Å²) in [6, 6.07) is -0.0127. The molecule has 1 aliphatic carbocycles. The van der Waals surface area contributed by atoms with Crippen molar-refractivity contribution in [2.45, 2.75) is 58.5 Å². The van der Waals surface area contributed by atoms with Gasteiger partial charge in [-0.2, -0.15) is 0 Å². The fraction of sp³-hybridized carbons (Fsp3) is 0.857. The molecule has 1 saturated carbocycles. The summed E-state index contributed by atoms with van der Waals surface area (Å²) in [5.41, 5.74) is 0. The molecule has 1 N–H and O–H groups in total. The van der Waals surface area contributed by atoms with Gasteiger partial charge in [0.25, 0.3) is 0 Å². The minimum atomic E-state index is -0.276. The molecule has 2 fully saturated rings. The lowest BCUT2D eigenvalue weighted by Crippen LogP contribution is -2.63. The first-order valence-electron chi connectivity index (χ1n) is 7.09. The number of amides is 2. The van der Waals surface area contributed by atoms with Gasteiger partial charge in [0.1, 0.15) is 6.04 Å². The second kappa shape index (κ2) is 5.29. The molecule has 102 valence electrons. The van der Waals surface area contributed by atoms with Crippen LogP contribution in [0.15, 0.2) is 0 Å². The van der Waals surface area contributed by atoms with Gasteiger partial charge in [0.15, 0.2) is 0 Å². The number of piperazine rings is 1. The van der Waals surface area contributed by atoms with E-state index < -0.39 is 0 Å². The van der Waals surface area contributed by atoms with Gasteiger partial charge in [0.2, 0.25) is 11.8 Å². The number of nitrogens with one attached hydrogen (secondary N) is 1. The van der Waals surface area contributed by atoms with Crippen LogP contribution in [0.25, 0.3) is 0 Å². The summed E-state index contributed by atoms with van der Waals surface area (Å²) in [5.74, 6) is 0.941. The van der Waals surface area contributed by atoms with Gasteiger partial charge in [-0.3, -0.25) is 9.59 Å². The Hall–Kier alpha value is -1.06. The highest BCUT2D eigenvalue weighted by Crippen LogP contribution is 2.30. The fourth-order valence-corrected chi connectivity index (χ4v) is 3.35. The average molecular weight is 252 g/mol. The van der Waals surface area contributed by atoms with E-state index in [1.165, 1.54) is 12.8 Å². The lowest BCUT2D eigenvalue weighted by Gasteiger charge is -2.44. The molecular formula is C14H24N2O2. The van der Waals surface area contributed by atoms with Crippen molar-refractivity contribution in [3.63, 3.8) is 0 Å². The zero-order valence-corrected chi connectivity index (χ0v) is 11.6. The van der Waals surface area contributed by atoms with Crippen molar-refractivity contribution in [1.82, 2.24) is 10.2 Å². The van der Waals surface area contributed by atoms with E-state index in [0.29, 0.717) is 5.92 Å². The third-order valence-electron chi connectivity index (χ3n) is 4.20. The molecule has 3 unspecified atom stereocenters. The second-order valence-corrected chi connectivity index (χ2v) is 6.13. The average Bonchev–Trinajstić information content (AvgIpc) is 2.31. The zero-order valence-electron chi connectivity index (χ0n) is 11.6. The van der Waals surface area contributed by atoms with Gasteiger partial charge in [0, 0.05) is 6.04 Å². The fourth-order valence-electron chi connectivity index (χ4n) is 3.35. The van der Waals surface area contributed by atoms with Crippen LogP contribution in [0.5, 0.6) is 0 Å². The molecule has 0 aromatic rings. The van der Waals surface area contributed by atoms with Crippen LogP contribution in [-0.2, 0) is 9.59 Å². The molecule has 1 saturated heterocycles. The molecule has 0 aromatic heterocycles. The maximum Gasteiger partial charge on any atom is 0.243 e. The number of carbonyl (C=O) groups is 2. The van der Waals surface area contributed by atoms with Gasteiger partial charge in [0.05, 0.1) is 6.54 Å². The van der Waals surface area contributed by atoms with Gasteiger partial charge >= 0.3 is 0 Å². The molecule has 2 aliphatic rings. The van der Waals surface area contributed by atoms with E-state index in [1.54, 1.807) is 0 Å². The molecule has 0 spiro atoms. The summed E-state index contributed by atoms with van der Waals surface area (Å²) in [6.07, 6.45) is 4.51. The maximum absolute atomic E-state index is 12.2. The van der Waals surface area contributed by atoms with Gasteiger partial charge < -0.3 is 10.2 Å². The largest absolute Gasteiger partial charge is 0.345 e. The van der Waals surface area contributed by atoms with Crippen LogP contribution in [0.4, 0.5) is 0 Å². The Morgan fingerprint density at radius 2 is 2.00 bits per heavy atom. The quantitative estimate of drug-likeness (QED) is 0.810. The third kappa shape index (κ3) is 2.52. The summed E-state index contributed by atoms with van der Waals surface area (Å²) in [5, 5.41) is 2.71. The Bertz CT molecular complexity index is 341. The summed E-state index contributed by atoms with van der Waals surface area (Å²) in [4.78, 5) is 26.1. The number of hydrogen-bond acceptors (Lipinski definition) is 2. The van der Waals surface area contributed by atoms with Crippen molar-refractivity contribution in [2.75, 3.05) is 6.54 Å². The Morgan fingerprint density at radius 3 is 2.61 bits per heavy atom. The number of hydrogen-bond donors (Lipinski definition) is 1. The molecule has 3 atom stereocenters. The highest BCUT2D eigenvalue weighted by molar-refractivity contribution is 5.95. The topological polar surface area (TPSA) is 49.4 Å². The Balaban J connectivity index is 2.19. The summed E-state index contributed by atoms with van der Waals surface area (Å²) < 4.78 is 0. The van der Waals surface area contributed by atoms with Gasteiger partial charge in [-0.15, -0.1) is 0 Å². The van der Waals surface area contributed by atoms with E-state index in [1.807, 2.05) is 18.7 Å². The standard InChI is InChI=1S/C14H24N2O2/c1-9(2)13-14(18)15-8-12(17)16(13)11-6-4-5-10(3)7-11/h9-11,13H,4-8H2,1-3H3,(H,15,18). The Kier molecular flexibility index (Phi) is 3.93. The van der Waals surface area contributed by atoms with E-state index in [0.717, 1.165) is 12.8 Å². The van der Waals surface area contributed by atoms with Crippen LogP contribution in [-0.4, -0.2) is 35.3 Å². The minimum absolute atomic E-state index is 0.0165. The normalized spacial score (nSPS) is 33.8. The van der Waals surface area contributed by atoms with E-state index in [4.69, 9.17) is 0 Å². The van der Waals surface area contributed by atoms with Gasteiger partial charge in [-0.25, -0.2) is 0 Å². The van der Waals surface area contributed by atoms with Crippen molar-refractivity contribution in [3.05, 3.63) is 0 Å². The van der Waals surface area contributed by atoms with E-state index in [-0.39, 0.29) is 36.4 Å². The van der Waals surface area contributed by atoms with Gasteiger partial charge in [-0.05, 0) is 24.7 Å². The van der Waals surface area contributed by atoms with Crippen molar-refractivity contribution in [2.24, 2.45) is 11.8 Å². The SMILES string of the molecule is CC1CCCC(N2C(=O)CNC(=O)C2C(C)C)C1. The first-order chi connectivity index (χ1) is 8.50. The maximum atomic E-state index is 12.2. The van der Waals surface area contributed by atoms with Crippen molar-refractivity contribution in [1.29, 1.82) is 0 Å². The Morgan fingerprint density at radius 1 is 1.28 bits per heavy atom. The van der Waals surface area contributed by atoms with E-state index in [9.17, 15) is 9.59 Å². The van der Waals surface area contributed by atoms with Crippen LogP contribution in [0, 0.1) is 11.8 Å². The summed E-state index contributed by atoms with van der Waals surface area (Å²) in [6.45, 7) is 6.45. The van der Waals surface area contributed by atoms with Gasteiger partial charge in [-0.1, -0.05) is 33.6 Å². The van der Waals surface area contributed by atoms with Crippen molar-refractivity contribution >= 4 is 11.8 Å². The molecule has 18 heavy (non-hydrogen) atoms. The molecule has 1 heterocycles. The molecule has 0 bridgehead atoms. The number of rotatable bonds is 2. The molecule has 0 aromatic carbocycles. The smallest absolute Gasteiger partial charge is 0.243 e. The van der Waals surface area contributed by atoms with E-state index >= 15 is 0 Å². The predicted molar refractivity (Wildman–Crippen MR) is 69.9 cm³/mol. The van der Waals surface area contributed by atoms with Crippen LogP contribution < -0.4 is 5.32 Å². The molecule has 4 heteroatoms. The number of nitrogens with zero attached hydrogens (tertiary/aromatic N) is 1. The second-order valence-electron chi connectivity index (χ2n) is 6.13. The summed E-state index contributed by atoms with van der Waals surface area (Å²) in [7, 11) is 0. The lowest BCUT2D eigenvalue weighted by molar-refractivity contribution is -0.151. The molecule has 2 rings (SSSR count). The molecule has 0 radical (unpaired) electrons. The summed E-state index contributed by atoms with van der Waals surface area (Å²) >= 11 is 0. The Labute approximate surface area is 109 Å². The lowest BCUT2D eigenvalue weighted by atomic mass is 9.84. The highest BCUT2D eigenvalue weighted by atomic mass is 16.2. The zero-order chi connectivity index (χ0) is 13.3. The van der Waals surface area contributed by atoms with Crippen LogP contribution >= 0.6 is 0 Å². The number of carbonyl (C=O) groups excluding carboxylic acids is 2. The third-order valence-corrected chi connectivity index (χ3v) is 4.20. The van der Waals surface area contributed by atoms with Crippen molar-refractivity contribution in [3.8, 4) is 0 Å². The van der Waals surface area contributed by atoms with Crippen LogP contribution in [0.3, 0.4) is 0 Å². The van der Waals surface area contributed by atoms with Crippen LogP contribution in [0.1, 0.15) is 46.5 Å². The first-order valence-corrected chi connectivity index (χ1v) is 7.09. The molecule has 4 nitrogen and oxygen atoms in total. The first kappa shape index (κ1) is 13.4. The molecular weight excluding hydrogens is 228 g/mol. The monoisotopic (exact) mass is 252 g/mol. The molecule has 2 amide bonds. The minimum Gasteiger partial charge on any atom is -0.345 e. The highest BCUT2D eigenvalue weighted by Gasteiger charge is 2.41. The van der Waals surface area contributed by atoms with Crippen LogP contribution in [0.2, 0.25) is 0 Å².